The number of nitro groups is 1. The van der Waals surface area contributed by atoms with Crippen LogP contribution in [0.4, 0.5) is 16.5 Å². The van der Waals surface area contributed by atoms with Crippen molar-refractivity contribution in [1.82, 2.24) is 10.2 Å². The zero-order chi connectivity index (χ0) is 17.0. The van der Waals surface area contributed by atoms with Crippen molar-refractivity contribution >= 4 is 33.8 Å². The summed E-state index contributed by atoms with van der Waals surface area (Å²) in [5.74, 6) is -0.235. The summed E-state index contributed by atoms with van der Waals surface area (Å²) in [7, 11) is 0. The molecule has 23 heavy (non-hydrogen) atoms. The van der Waals surface area contributed by atoms with E-state index in [1.807, 2.05) is 20.8 Å². The van der Waals surface area contributed by atoms with Crippen LogP contribution in [0.5, 0.6) is 0 Å². The number of anilines is 2. The standard InChI is InChI=1S/C14H17N5O3S/c1-4-15-10-6-5-9(7-11(10)19(21)22)12(20)16-14-18-17-13(23-14)8(2)3/h5-8,15H,4H2,1-3H3,(H,16,18,20). The molecule has 2 rings (SSSR count). The van der Waals surface area contributed by atoms with Crippen LogP contribution in [-0.4, -0.2) is 27.6 Å². The normalized spacial score (nSPS) is 10.6. The van der Waals surface area contributed by atoms with Crippen molar-refractivity contribution in [1.29, 1.82) is 0 Å². The van der Waals surface area contributed by atoms with Crippen LogP contribution < -0.4 is 10.6 Å². The molecule has 8 nitrogen and oxygen atoms in total. The highest BCUT2D eigenvalue weighted by Gasteiger charge is 2.18. The van der Waals surface area contributed by atoms with E-state index >= 15 is 0 Å². The number of nitrogens with one attached hydrogen (secondary N) is 2. The van der Waals surface area contributed by atoms with Crippen LogP contribution in [0.15, 0.2) is 18.2 Å². The average molecular weight is 335 g/mol. The van der Waals surface area contributed by atoms with E-state index in [4.69, 9.17) is 0 Å². The number of nitro benzene ring substituents is 1. The highest BCUT2D eigenvalue weighted by atomic mass is 32.1. The summed E-state index contributed by atoms with van der Waals surface area (Å²) in [5.41, 5.74) is 0.436. The number of carbonyl (C=O) groups is 1. The second kappa shape index (κ2) is 7.14. The molecule has 0 aliphatic rings. The van der Waals surface area contributed by atoms with Crippen LogP contribution in [0.25, 0.3) is 0 Å². The van der Waals surface area contributed by atoms with Gasteiger partial charge in [-0.05, 0) is 19.1 Å². The molecule has 2 N–H and O–H groups in total. The van der Waals surface area contributed by atoms with Crippen LogP contribution in [0, 0.1) is 10.1 Å². The van der Waals surface area contributed by atoms with E-state index < -0.39 is 10.8 Å². The summed E-state index contributed by atoms with van der Waals surface area (Å²) in [6, 6.07) is 4.30. The summed E-state index contributed by atoms with van der Waals surface area (Å²) in [5, 5.41) is 25.7. The van der Waals surface area contributed by atoms with E-state index in [-0.39, 0.29) is 17.2 Å². The van der Waals surface area contributed by atoms with Crippen LogP contribution >= 0.6 is 11.3 Å². The van der Waals surface area contributed by atoms with Gasteiger partial charge in [-0.2, -0.15) is 0 Å². The van der Waals surface area contributed by atoms with Crippen molar-refractivity contribution in [2.45, 2.75) is 26.7 Å². The lowest BCUT2D eigenvalue weighted by Crippen LogP contribution is -2.12. The summed E-state index contributed by atoms with van der Waals surface area (Å²) in [4.78, 5) is 22.8. The lowest BCUT2D eigenvalue weighted by Gasteiger charge is -2.06. The van der Waals surface area contributed by atoms with Gasteiger partial charge in [0.15, 0.2) is 0 Å². The number of nitrogens with zero attached hydrogens (tertiary/aromatic N) is 3. The number of benzene rings is 1. The van der Waals surface area contributed by atoms with E-state index in [2.05, 4.69) is 20.8 Å². The third-order valence-electron chi connectivity index (χ3n) is 2.98. The molecule has 1 aromatic heterocycles. The first kappa shape index (κ1) is 16.8. The number of rotatable bonds is 6. The minimum atomic E-state index is -0.517. The monoisotopic (exact) mass is 335 g/mol. The van der Waals surface area contributed by atoms with Gasteiger partial charge >= 0.3 is 0 Å². The Morgan fingerprint density at radius 3 is 2.70 bits per heavy atom. The zero-order valence-electron chi connectivity index (χ0n) is 13.0. The van der Waals surface area contributed by atoms with Gasteiger partial charge in [-0.1, -0.05) is 25.2 Å². The summed E-state index contributed by atoms with van der Waals surface area (Å²) >= 11 is 1.29. The fourth-order valence-electron chi connectivity index (χ4n) is 1.85. The van der Waals surface area contributed by atoms with Crippen molar-refractivity contribution in [3.63, 3.8) is 0 Å². The van der Waals surface area contributed by atoms with Crippen LogP contribution in [0.3, 0.4) is 0 Å². The molecule has 0 saturated heterocycles. The maximum atomic E-state index is 12.2. The first-order valence-electron chi connectivity index (χ1n) is 7.09. The predicted octanol–water partition coefficient (Wildman–Crippen LogP) is 3.25. The maximum Gasteiger partial charge on any atom is 0.293 e. The summed E-state index contributed by atoms with van der Waals surface area (Å²) in [6.07, 6.45) is 0. The summed E-state index contributed by atoms with van der Waals surface area (Å²) in [6.45, 7) is 6.35. The molecule has 9 heteroatoms. The van der Waals surface area contributed by atoms with E-state index in [1.165, 1.54) is 29.5 Å². The molecular weight excluding hydrogens is 318 g/mol. The number of carbonyl (C=O) groups excluding carboxylic acids is 1. The first-order chi connectivity index (χ1) is 10.9. The quantitative estimate of drug-likeness (QED) is 0.619. The molecular formula is C14H17N5O3S. The van der Waals surface area contributed by atoms with Crippen LogP contribution in [-0.2, 0) is 0 Å². The Labute approximate surface area is 137 Å². The molecule has 1 amide bonds. The molecule has 0 unspecified atom stereocenters. The molecule has 0 aliphatic carbocycles. The van der Waals surface area contributed by atoms with Gasteiger partial charge in [-0.25, -0.2) is 0 Å². The van der Waals surface area contributed by atoms with Gasteiger partial charge in [0.25, 0.3) is 11.6 Å². The molecule has 0 spiro atoms. The molecule has 122 valence electrons. The topological polar surface area (TPSA) is 110 Å². The van der Waals surface area contributed by atoms with Gasteiger partial charge in [0.05, 0.1) is 4.92 Å². The smallest absolute Gasteiger partial charge is 0.293 e. The number of aromatic nitrogens is 2. The second-order valence-electron chi connectivity index (χ2n) is 5.07. The Balaban J connectivity index is 2.21. The SMILES string of the molecule is CCNc1ccc(C(=O)Nc2nnc(C(C)C)s2)cc1[N+](=O)[O-]. The van der Waals surface area contributed by atoms with Gasteiger partial charge in [-0.15, -0.1) is 10.2 Å². The lowest BCUT2D eigenvalue weighted by atomic mass is 10.1. The maximum absolute atomic E-state index is 12.2. The van der Waals surface area contributed by atoms with Gasteiger partial charge in [0.1, 0.15) is 10.7 Å². The Kier molecular flexibility index (Phi) is 5.22. The van der Waals surface area contributed by atoms with Gasteiger partial charge in [0.2, 0.25) is 5.13 Å². The van der Waals surface area contributed by atoms with Gasteiger partial charge < -0.3 is 5.32 Å². The van der Waals surface area contributed by atoms with E-state index in [0.29, 0.717) is 17.4 Å². The fraction of sp³-hybridized carbons (Fsp3) is 0.357. The van der Waals surface area contributed by atoms with E-state index in [1.54, 1.807) is 0 Å². The Morgan fingerprint density at radius 1 is 1.39 bits per heavy atom. The van der Waals surface area contributed by atoms with Crippen molar-refractivity contribution in [2.24, 2.45) is 0 Å². The molecule has 0 atom stereocenters. The van der Waals surface area contributed by atoms with Crippen molar-refractivity contribution in [2.75, 3.05) is 17.2 Å². The molecule has 0 saturated carbocycles. The van der Waals surface area contributed by atoms with E-state index in [9.17, 15) is 14.9 Å². The van der Waals surface area contributed by atoms with Crippen molar-refractivity contribution in [3.05, 3.63) is 38.9 Å². The zero-order valence-corrected chi connectivity index (χ0v) is 13.8. The minimum absolute atomic E-state index is 0.139. The Morgan fingerprint density at radius 2 is 2.13 bits per heavy atom. The molecule has 1 heterocycles. The van der Waals surface area contributed by atoms with Crippen LogP contribution in [0.2, 0.25) is 0 Å². The highest BCUT2D eigenvalue weighted by Crippen LogP contribution is 2.27. The number of hydrogen-bond donors (Lipinski definition) is 2. The van der Waals surface area contributed by atoms with Gasteiger partial charge in [-0.3, -0.25) is 20.2 Å². The molecule has 2 aromatic rings. The lowest BCUT2D eigenvalue weighted by molar-refractivity contribution is -0.384. The first-order valence-corrected chi connectivity index (χ1v) is 7.91. The Bertz CT molecular complexity index is 729. The molecule has 0 aliphatic heterocycles. The minimum Gasteiger partial charge on any atom is -0.380 e. The van der Waals surface area contributed by atoms with Crippen molar-refractivity contribution < 1.29 is 9.72 Å². The fourth-order valence-corrected chi connectivity index (χ4v) is 2.59. The Hall–Kier alpha value is -2.55. The average Bonchev–Trinajstić information content (AvgIpc) is 2.96. The second-order valence-corrected chi connectivity index (χ2v) is 6.08. The third kappa shape index (κ3) is 4.01. The van der Waals surface area contributed by atoms with Crippen molar-refractivity contribution in [3.8, 4) is 0 Å². The largest absolute Gasteiger partial charge is 0.380 e. The van der Waals surface area contributed by atoms with Crippen LogP contribution in [0.1, 0.15) is 42.1 Å². The number of hydrogen-bond acceptors (Lipinski definition) is 7. The molecule has 0 fully saturated rings. The predicted molar refractivity (Wildman–Crippen MR) is 89.2 cm³/mol. The third-order valence-corrected chi connectivity index (χ3v) is 4.12. The number of amides is 1. The molecule has 0 bridgehead atoms. The van der Waals surface area contributed by atoms with E-state index in [0.717, 1.165) is 5.01 Å². The molecule has 0 radical (unpaired) electrons. The molecule has 1 aromatic carbocycles. The van der Waals surface area contributed by atoms with Gasteiger partial charge in [0, 0.05) is 24.1 Å². The highest BCUT2D eigenvalue weighted by molar-refractivity contribution is 7.15. The summed E-state index contributed by atoms with van der Waals surface area (Å²) < 4.78 is 0.